The van der Waals surface area contributed by atoms with E-state index in [1.807, 2.05) is 13.8 Å². The number of hydrogen-bond donors (Lipinski definition) is 3. The first-order valence-corrected chi connectivity index (χ1v) is 8.20. The molecule has 1 unspecified atom stereocenters. The Labute approximate surface area is 142 Å². The van der Waals surface area contributed by atoms with Crippen molar-refractivity contribution < 1.29 is 13.9 Å². The van der Waals surface area contributed by atoms with E-state index in [2.05, 4.69) is 15.6 Å². The fraction of sp³-hybridized carbons (Fsp3) is 0.529. The zero-order valence-electron chi connectivity index (χ0n) is 14.3. The Hall–Kier alpha value is -2.15. The van der Waals surface area contributed by atoms with Gasteiger partial charge in [-0.05, 0) is 38.0 Å². The van der Waals surface area contributed by atoms with E-state index in [1.54, 1.807) is 12.1 Å². The summed E-state index contributed by atoms with van der Waals surface area (Å²) in [7, 11) is 0. The number of rotatable bonds is 10. The molecule has 0 bridgehead atoms. The van der Waals surface area contributed by atoms with Gasteiger partial charge < -0.3 is 21.1 Å². The topological polar surface area (TPSA) is 88.7 Å². The molecule has 1 atom stereocenters. The molecule has 0 aliphatic rings. The number of nitrogens with one attached hydrogen (secondary N) is 2. The molecule has 0 aromatic heterocycles. The number of nitrogens with zero attached hydrogens (tertiary/aromatic N) is 1. The first-order valence-electron chi connectivity index (χ1n) is 8.20. The van der Waals surface area contributed by atoms with Gasteiger partial charge in [0.25, 0.3) is 0 Å². The van der Waals surface area contributed by atoms with Gasteiger partial charge in [-0.3, -0.25) is 9.79 Å². The summed E-state index contributed by atoms with van der Waals surface area (Å²) >= 11 is 0. The highest BCUT2D eigenvalue weighted by atomic mass is 19.1. The summed E-state index contributed by atoms with van der Waals surface area (Å²) in [6.07, 6.45) is 0.428. The molecule has 6 nitrogen and oxygen atoms in total. The van der Waals surface area contributed by atoms with Crippen LogP contribution in [0.15, 0.2) is 29.3 Å². The number of hydrogen-bond acceptors (Lipinski definition) is 3. The van der Waals surface area contributed by atoms with E-state index in [0.717, 1.165) is 5.56 Å². The summed E-state index contributed by atoms with van der Waals surface area (Å²) in [6, 6.07) is 6.05. The Kier molecular flexibility index (Phi) is 9.45. The molecule has 1 rings (SSSR count). The second-order valence-corrected chi connectivity index (χ2v) is 5.27. The lowest BCUT2D eigenvalue weighted by Crippen LogP contribution is -2.40. The molecule has 4 N–H and O–H groups in total. The van der Waals surface area contributed by atoms with Crippen LogP contribution in [0.2, 0.25) is 0 Å². The van der Waals surface area contributed by atoms with Gasteiger partial charge in [0.2, 0.25) is 5.91 Å². The van der Waals surface area contributed by atoms with Crippen molar-refractivity contribution in [3.05, 3.63) is 35.6 Å². The predicted molar refractivity (Wildman–Crippen MR) is 93.3 cm³/mol. The van der Waals surface area contributed by atoms with Gasteiger partial charge in [0, 0.05) is 19.7 Å². The Morgan fingerprint density at radius 2 is 2.00 bits per heavy atom. The van der Waals surface area contributed by atoms with Crippen LogP contribution in [0.1, 0.15) is 19.4 Å². The first kappa shape index (κ1) is 19.9. The van der Waals surface area contributed by atoms with Crippen LogP contribution in [0.3, 0.4) is 0 Å². The van der Waals surface area contributed by atoms with Gasteiger partial charge in [0.15, 0.2) is 5.96 Å². The SMILES string of the molecule is CCNC(=NCC(Cc1ccc(F)cc1)C(N)=O)NCCOCC. The highest BCUT2D eigenvalue weighted by molar-refractivity contribution is 5.81. The van der Waals surface area contributed by atoms with E-state index in [4.69, 9.17) is 10.5 Å². The number of nitrogens with two attached hydrogens (primary N) is 1. The van der Waals surface area contributed by atoms with Crippen LogP contribution in [0, 0.1) is 11.7 Å². The molecule has 0 radical (unpaired) electrons. The van der Waals surface area contributed by atoms with Gasteiger partial charge in [0.1, 0.15) is 5.82 Å². The predicted octanol–water partition coefficient (Wildman–Crippen LogP) is 1.06. The molecule has 134 valence electrons. The second kappa shape index (κ2) is 11.4. The molecule has 0 aliphatic heterocycles. The lowest BCUT2D eigenvalue weighted by molar-refractivity contribution is -0.121. The molecule has 0 saturated carbocycles. The molecule has 0 spiro atoms. The van der Waals surface area contributed by atoms with Crippen molar-refractivity contribution in [2.75, 3.05) is 32.8 Å². The summed E-state index contributed by atoms with van der Waals surface area (Å²) in [4.78, 5) is 16.1. The molecular formula is C17H27FN4O2. The lowest BCUT2D eigenvalue weighted by atomic mass is 9.99. The summed E-state index contributed by atoms with van der Waals surface area (Å²) in [5.74, 6) is -0.561. The normalized spacial score (nSPS) is 12.7. The van der Waals surface area contributed by atoms with Gasteiger partial charge in [-0.2, -0.15) is 0 Å². The third-order valence-electron chi connectivity index (χ3n) is 3.35. The second-order valence-electron chi connectivity index (χ2n) is 5.27. The van der Waals surface area contributed by atoms with Crippen molar-refractivity contribution >= 4 is 11.9 Å². The minimum absolute atomic E-state index is 0.261. The van der Waals surface area contributed by atoms with E-state index >= 15 is 0 Å². The number of ether oxygens (including phenoxy) is 1. The zero-order valence-corrected chi connectivity index (χ0v) is 14.3. The number of carbonyl (C=O) groups is 1. The van der Waals surface area contributed by atoms with Gasteiger partial charge in [0.05, 0.1) is 19.1 Å². The lowest BCUT2D eigenvalue weighted by Gasteiger charge is -2.14. The van der Waals surface area contributed by atoms with Crippen LogP contribution in [-0.2, 0) is 16.0 Å². The zero-order chi connectivity index (χ0) is 17.8. The first-order chi connectivity index (χ1) is 11.6. The molecule has 1 amide bonds. The van der Waals surface area contributed by atoms with E-state index in [-0.39, 0.29) is 12.4 Å². The van der Waals surface area contributed by atoms with Crippen molar-refractivity contribution in [1.82, 2.24) is 10.6 Å². The number of guanidine groups is 1. The third kappa shape index (κ3) is 7.92. The Morgan fingerprint density at radius 3 is 2.58 bits per heavy atom. The van der Waals surface area contributed by atoms with E-state index < -0.39 is 11.8 Å². The number of aliphatic imine (C=N–C) groups is 1. The number of primary amides is 1. The van der Waals surface area contributed by atoms with Crippen molar-refractivity contribution in [2.24, 2.45) is 16.6 Å². The van der Waals surface area contributed by atoms with E-state index in [0.29, 0.717) is 38.7 Å². The quantitative estimate of drug-likeness (QED) is 0.338. The molecular weight excluding hydrogens is 311 g/mol. The summed E-state index contributed by atoms with van der Waals surface area (Å²) in [6.45, 7) is 6.73. The number of halogens is 1. The Balaban J connectivity index is 2.62. The third-order valence-corrected chi connectivity index (χ3v) is 3.35. The minimum Gasteiger partial charge on any atom is -0.380 e. The minimum atomic E-state index is -0.446. The largest absolute Gasteiger partial charge is 0.380 e. The van der Waals surface area contributed by atoms with Gasteiger partial charge in [-0.15, -0.1) is 0 Å². The summed E-state index contributed by atoms with van der Waals surface area (Å²) in [5.41, 5.74) is 6.32. The Bertz CT molecular complexity index is 520. The fourth-order valence-electron chi connectivity index (χ4n) is 2.09. The van der Waals surface area contributed by atoms with Crippen molar-refractivity contribution in [3.8, 4) is 0 Å². The van der Waals surface area contributed by atoms with Crippen LogP contribution < -0.4 is 16.4 Å². The number of carbonyl (C=O) groups excluding carboxylic acids is 1. The molecule has 1 aromatic carbocycles. The number of benzene rings is 1. The molecule has 0 heterocycles. The Morgan fingerprint density at radius 1 is 1.29 bits per heavy atom. The summed E-state index contributed by atoms with van der Waals surface area (Å²) < 4.78 is 18.2. The van der Waals surface area contributed by atoms with E-state index in [1.165, 1.54) is 12.1 Å². The monoisotopic (exact) mass is 338 g/mol. The highest BCUT2D eigenvalue weighted by Gasteiger charge is 2.16. The molecule has 7 heteroatoms. The smallest absolute Gasteiger partial charge is 0.222 e. The maximum absolute atomic E-state index is 13.0. The highest BCUT2D eigenvalue weighted by Crippen LogP contribution is 2.10. The van der Waals surface area contributed by atoms with Gasteiger partial charge >= 0.3 is 0 Å². The van der Waals surface area contributed by atoms with Gasteiger partial charge in [-0.25, -0.2) is 4.39 Å². The average molecular weight is 338 g/mol. The average Bonchev–Trinajstić information content (AvgIpc) is 2.56. The number of amides is 1. The van der Waals surface area contributed by atoms with Gasteiger partial charge in [-0.1, -0.05) is 12.1 Å². The van der Waals surface area contributed by atoms with E-state index in [9.17, 15) is 9.18 Å². The van der Waals surface area contributed by atoms with Crippen LogP contribution >= 0.6 is 0 Å². The molecule has 1 aromatic rings. The van der Waals surface area contributed by atoms with Crippen LogP contribution in [-0.4, -0.2) is 44.7 Å². The van der Waals surface area contributed by atoms with Crippen LogP contribution in [0.4, 0.5) is 4.39 Å². The standard InChI is InChI=1S/C17H27FN4O2/c1-3-20-17(21-9-10-24-4-2)22-12-14(16(19)23)11-13-5-7-15(18)8-6-13/h5-8,14H,3-4,9-12H2,1-2H3,(H2,19,23)(H2,20,21,22). The van der Waals surface area contributed by atoms with Crippen molar-refractivity contribution in [3.63, 3.8) is 0 Å². The molecule has 0 fully saturated rings. The molecule has 0 aliphatic carbocycles. The maximum atomic E-state index is 13.0. The fourth-order valence-corrected chi connectivity index (χ4v) is 2.09. The van der Waals surface area contributed by atoms with Crippen molar-refractivity contribution in [1.29, 1.82) is 0 Å². The molecule has 24 heavy (non-hydrogen) atoms. The molecule has 0 saturated heterocycles. The van der Waals surface area contributed by atoms with Crippen LogP contribution in [0.25, 0.3) is 0 Å². The maximum Gasteiger partial charge on any atom is 0.222 e. The summed E-state index contributed by atoms with van der Waals surface area (Å²) in [5, 5.41) is 6.24. The van der Waals surface area contributed by atoms with Crippen LogP contribution in [0.5, 0.6) is 0 Å². The van der Waals surface area contributed by atoms with Crippen molar-refractivity contribution in [2.45, 2.75) is 20.3 Å².